The zero-order chi connectivity index (χ0) is 18.6. The van der Waals surface area contributed by atoms with E-state index < -0.39 is 17.6 Å². The third-order valence-corrected chi connectivity index (χ3v) is 3.65. The summed E-state index contributed by atoms with van der Waals surface area (Å²) in [6.45, 7) is 0.218. The van der Waals surface area contributed by atoms with E-state index in [2.05, 4.69) is 5.32 Å². The molecule has 0 saturated heterocycles. The lowest BCUT2D eigenvalue weighted by atomic mass is 10.2. The van der Waals surface area contributed by atoms with E-state index in [-0.39, 0.29) is 25.0 Å². The first-order valence-electron chi connectivity index (χ1n) is 7.87. The van der Waals surface area contributed by atoms with Gasteiger partial charge in [0.2, 0.25) is 0 Å². The maximum atomic E-state index is 12.5. The summed E-state index contributed by atoms with van der Waals surface area (Å²) in [6.07, 6.45) is -4.74. The fourth-order valence-electron chi connectivity index (χ4n) is 2.33. The molecule has 0 aliphatic carbocycles. The van der Waals surface area contributed by atoms with Crippen LogP contribution in [0.5, 0.6) is 17.2 Å². The molecule has 1 aliphatic rings. The number of para-hydroxylation sites is 2. The van der Waals surface area contributed by atoms with Gasteiger partial charge in [-0.25, -0.2) is 0 Å². The number of hydrogen-bond acceptors (Lipinski definition) is 4. The van der Waals surface area contributed by atoms with Crippen LogP contribution in [0.3, 0.4) is 0 Å². The van der Waals surface area contributed by atoms with Crippen LogP contribution in [0, 0.1) is 0 Å². The third kappa shape index (κ3) is 4.59. The summed E-state index contributed by atoms with van der Waals surface area (Å²) in [5.74, 6) is 1.03. The van der Waals surface area contributed by atoms with Gasteiger partial charge in [-0.15, -0.1) is 0 Å². The molecule has 0 bridgehead atoms. The van der Waals surface area contributed by atoms with Crippen LogP contribution < -0.4 is 19.5 Å². The standard InChI is InChI=1S/C18H16F3NO4/c19-18(20,21)12-5-7-13(8-6-12)24-11-17(23)22-9-14-10-25-15-3-1-2-4-16(15)26-14/h1-8,14H,9-11H2,(H,22,23)/t14-/m0/s1. The minimum absolute atomic E-state index is 0.180. The second kappa shape index (κ2) is 7.55. The Labute approximate surface area is 147 Å². The molecule has 0 aromatic heterocycles. The van der Waals surface area contributed by atoms with Crippen molar-refractivity contribution in [2.75, 3.05) is 19.8 Å². The SMILES string of the molecule is O=C(COc1ccc(C(F)(F)F)cc1)NC[C@H]1COc2ccccc2O1. The molecule has 0 radical (unpaired) electrons. The summed E-state index contributed by atoms with van der Waals surface area (Å²) in [6, 6.07) is 11.4. The van der Waals surface area contributed by atoms with Crippen molar-refractivity contribution in [1.29, 1.82) is 0 Å². The van der Waals surface area contributed by atoms with Gasteiger partial charge in [-0.1, -0.05) is 12.1 Å². The van der Waals surface area contributed by atoms with Crippen LogP contribution in [-0.4, -0.2) is 31.8 Å². The van der Waals surface area contributed by atoms with Gasteiger partial charge in [-0.2, -0.15) is 13.2 Å². The molecule has 0 spiro atoms. The van der Waals surface area contributed by atoms with Crippen LogP contribution in [0.2, 0.25) is 0 Å². The fourth-order valence-corrected chi connectivity index (χ4v) is 2.33. The van der Waals surface area contributed by atoms with Crippen molar-refractivity contribution in [3.63, 3.8) is 0 Å². The first kappa shape index (κ1) is 17.9. The molecule has 5 nitrogen and oxygen atoms in total. The number of carbonyl (C=O) groups excluding carboxylic acids is 1. The first-order valence-corrected chi connectivity index (χ1v) is 7.87. The molecular weight excluding hydrogens is 351 g/mol. The van der Waals surface area contributed by atoms with Crippen molar-refractivity contribution in [2.24, 2.45) is 0 Å². The van der Waals surface area contributed by atoms with Crippen molar-refractivity contribution in [3.8, 4) is 17.2 Å². The van der Waals surface area contributed by atoms with Crippen molar-refractivity contribution in [1.82, 2.24) is 5.32 Å². The van der Waals surface area contributed by atoms with Gasteiger partial charge in [-0.05, 0) is 36.4 Å². The molecule has 138 valence electrons. The number of nitrogens with one attached hydrogen (secondary N) is 1. The van der Waals surface area contributed by atoms with Crippen molar-refractivity contribution in [3.05, 3.63) is 54.1 Å². The minimum Gasteiger partial charge on any atom is -0.486 e. The number of halogens is 3. The van der Waals surface area contributed by atoms with Crippen LogP contribution in [0.15, 0.2) is 48.5 Å². The van der Waals surface area contributed by atoms with Crippen LogP contribution in [0.4, 0.5) is 13.2 Å². The van der Waals surface area contributed by atoms with Gasteiger partial charge >= 0.3 is 6.18 Å². The average molecular weight is 367 g/mol. The molecule has 2 aromatic rings. The molecule has 1 heterocycles. The number of amides is 1. The second-order valence-electron chi connectivity index (χ2n) is 5.61. The smallest absolute Gasteiger partial charge is 0.416 e. The lowest BCUT2D eigenvalue weighted by molar-refractivity contribution is -0.137. The van der Waals surface area contributed by atoms with Crippen LogP contribution in [0.25, 0.3) is 0 Å². The average Bonchev–Trinajstić information content (AvgIpc) is 2.64. The zero-order valence-electron chi connectivity index (χ0n) is 13.6. The van der Waals surface area contributed by atoms with Crippen molar-refractivity contribution < 1.29 is 32.2 Å². The molecule has 3 rings (SSSR count). The molecule has 1 N–H and O–H groups in total. The highest BCUT2D eigenvalue weighted by atomic mass is 19.4. The highest BCUT2D eigenvalue weighted by Crippen LogP contribution is 2.31. The summed E-state index contributed by atoms with van der Waals surface area (Å²) in [4.78, 5) is 11.8. The van der Waals surface area contributed by atoms with E-state index in [1.54, 1.807) is 12.1 Å². The summed E-state index contributed by atoms with van der Waals surface area (Å²) >= 11 is 0. The number of carbonyl (C=O) groups is 1. The monoisotopic (exact) mass is 367 g/mol. The summed E-state index contributed by atoms with van der Waals surface area (Å²) < 4.78 is 53.8. The Bertz CT molecular complexity index is 762. The van der Waals surface area contributed by atoms with E-state index in [9.17, 15) is 18.0 Å². The van der Waals surface area contributed by atoms with Crippen LogP contribution in [0.1, 0.15) is 5.56 Å². The summed E-state index contributed by atoms with van der Waals surface area (Å²) in [5.41, 5.74) is -0.774. The molecule has 1 atom stereocenters. The highest BCUT2D eigenvalue weighted by Gasteiger charge is 2.30. The Kier molecular flexibility index (Phi) is 5.20. The Morgan fingerprint density at radius 2 is 1.81 bits per heavy atom. The van der Waals surface area contributed by atoms with E-state index >= 15 is 0 Å². The first-order chi connectivity index (χ1) is 12.4. The number of hydrogen-bond donors (Lipinski definition) is 1. The summed E-state index contributed by atoms with van der Waals surface area (Å²) in [5, 5.41) is 2.64. The van der Waals surface area contributed by atoms with Gasteiger partial charge in [0.05, 0.1) is 12.1 Å². The zero-order valence-corrected chi connectivity index (χ0v) is 13.6. The topological polar surface area (TPSA) is 56.8 Å². The highest BCUT2D eigenvalue weighted by molar-refractivity contribution is 5.77. The van der Waals surface area contributed by atoms with Crippen molar-refractivity contribution >= 4 is 5.91 Å². The predicted octanol–water partition coefficient (Wildman–Crippen LogP) is 3.04. The predicted molar refractivity (Wildman–Crippen MR) is 86.3 cm³/mol. The number of benzene rings is 2. The molecule has 1 amide bonds. The third-order valence-electron chi connectivity index (χ3n) is 3.65. The molecule has 26 heavy (non-hydrogen) atoms. The molecule has 0 unspecified atom stereocenters. The molecule has 0 saturated carbocycles. The van der Waals surface area contributed by atoms with Crippen LogP contribution >= 0.6 is 0 Å². The molecule has 8 heteroatoms. The normalized spacial score (nSPS) is 16.0. The van der Waals surface area contributed by atoms with Gasteiger partial charge in [0.1, 0.15) is 18.5 Å². The molecule has 1 aliphatic heterocycles. The summed E-state index contributed by atoms with van der Waals surface area (Å²) in [7, 11) is 0. The van der Waals surface area contributed by atoms with Gasteiger partial charge in [-0.3, -0.25) is 4.79 Å². The molecule has 2 aromatic carbocycles. The number of rotatable bonds is 5. The van der Waals surface area contributed by atoms with Gasteiger partial charge in [0.25, 0.3) is 5.91 Å². The number of alkyl halides is 3. The Morgan fingerprint density at radius 1 is 1.12 bits per heavy atom. The fraction of sp³-hybridized carbons (Fsp3) is 0.278. The Hall–Kier alpha value is -2.90. The van der Waals surface area contributed by atoms with Gasteiger partial charge in [0.15, 0.2) is 18.1 Å². The van der Waals surface area contributed by atoms with Gasteiger partial charge < -0.3 is 19.5 Å². The molecule has 0 fully saturated rings. The number of fused-ring (bicyclic) bond motifs is 1. The van der Waals surface area contributed by atoms with Gasteiger partial charge in [0, 0.05) is 0 Å². The van der Waals surface area contributed by atoms with Crippen LogP contribution in [-0.2, 0) is 11.0 Å². The lowest BCUT2D eigenvalue weighted by Crippen LogP contribution is -2.42. The van der Waals surface area contributed by atoms with E-state index in [4.69, 9.17) is 14.2 Å². The molecular formula is C18H16F3NO4. The largest absolute Gasteiger partial charge is 0.486 e. The van der Waals surface area contributed by atoms with E-state index in [0.717, 1.165) is 12.1 Å². The van der Waals surface area contributed by atoms with Crippen molar-refractivity contribution in [2.45, 2.75) is 12.3 Å². The minimum atomic E-state index is -4.41. The Balaban J connectivity index is 1.42. The van der Waals surface area contributed by atoms with E-state index in [1.807, 2.05) is 12.1 Å². The number of ether oxygens (including phenoxy) is 3. The van der Waals surface area contributed by atoms with E-state index in [1.165, 1.54) is 12.1 Å². The quantitative estimate of drug-likeness (QED) is 0.883. The lowest BCUT2D eigenvalue weighted by Gasteiger charge is -2.26. The van der Waals surface area contributed by atoms with E-state index in [0.29, 0.717) is 18.1 Å². The maximum Gasteiger partial charge on any atom is 0.416 e. The second-order valence-corrected chi connectivity index (χ2v) is 5.61. The Morgan fingerprint density at radius 3 is 2.50 bits per heavy atom. The maximum absolute atomic E-state index is 12.5.